The summed E-state index contributed by atoms with van der Waals surface area (Å²) in [6.45, 7) is 4.89. The molecule has 15 heteroatoms. The van der Waals surface area contributed by atoms with Crippen molar-refractivity contribution in [2.75, 3.05) is 59.8 Å². The third-order valence-electron chi connectivity index (χ3n) is 13.6. The number of rotatable bonds is 7. The molecule has 1 aromatic carbocycles. The predicted octanol–water partition coefficient (Wildman–Crippen LogP) is 3.73. The number of ether oxygens (including phenoxy) is 1. The second-order valence-corrected chi connectivity index (χ2v) is 16.9. The number of nitrogen functional groups attached to an aromatic ring is 1. The molecule has 302 valence electrons. The molecule has 10 rings (SSSR count). The Hall–Kier alpha value is -5.57. The maximum absolute atomic E-state index is 12.8. The van der Waals surface area contributed by atoms with Crippen LogP contribution in [0.15, 0.2) is 60.9 Å². The van der Waals surface area contributed by atoms with Crippen LogP contribution in [-0.4, -0.2) is 105 Å². The standard InChI is InChI=1S/C43H51N11O4/c44-40-37(24-34(48-49-40)32-4-1-2-6-38(32)55)51-25-30-11-12-31(26-51)54(30)43-45-18-15-33(46-43)27-16-20-50(21-17-27)28-7-9-29(10-8-28)52-19-3-5-36-42(52)58-23-22-53(36)35-13-14-39(56)47-41(35)57/h1-6,15,18-19,24,27-31,35H,7-14,16-17,20-23,25-26H2,(H3-,44,47,48,49,55,56,57)/p+1/t28?,29?,30-,31+,35-/m1/s1. The molecule has 0 radical (unpaired) electrons. The Morgan fingerprint density at radius 1 is 0.845 bits per heavy atom. The largest absolute Gasteiger partial charge is 0.507 e. The zero-order chi connectivity index (χ0) is 39.3. The van der Waals surface area contributed by atoms with Crippen LogP contribution >= 0.6 is 0 Å². The van der Waals surface area contributed by atoms with Gasteiger partial charge in [-0.15, -0.1) is 10.2 Å². The Labute approximate surface area is 338 Å². The summed E-state index contributed by atoms with van der Waals surface area (Å²) in [6.07, 6.45) is 13.8. The van der Waals surface area contributed by atoms with E-state index in [1.165, 1.54) is 0 Å². The van der Waals surface area contributed by atoms with Gasteiger partial charge < -0.3 is 35.2 Å². The van der Waals surface area contributed by atoms with Crippen LogP contribution in [0.1, 0.15) is 81.9 Å². The van der Waals surface area contributed by atoms with Crippen molar-refractivity contribution in [3.63, 3.8) is 0 Å². The fourth-order valence-electron chi connectivity index (χ4n) is 10.7. The molecule has 5 aliphatic heterocycles. The second kappa shape index (κ2) is 15.3. The monoisotopic (exact) mass is 786 g/mol. The number of para-hydroxylation sites is 1. The van der Waals surface area contributed by atoms with Gasteiger partial charge in [0.05, 0.1) is 17.9 Å². The van der Waals surface area contributed by atoms with Gasteiger partial charge in [-0.1, -0.05) is 12.1 Å². The predicted molar refractivity (Wildman–Crippen MR) is 218 cm³/mol. The molecular weight excluding hydrogens is 735 g/mol. The van der Waals surface area contributed by atoms with Crippen LogP contribution in [0.3, 0.4) is 0 Å². The molecule has 1 saturated carbocycles. The Morgan fingerprint density at radius 3 is 2.40 bits per heavy atom. The van der Waals surface area contributed by atoms with Crippen LogP contribution in [-0.2, 0) is 9.59 Å². The van der Waals surface area contributed by atoms with Crippen LogP contribution in [0.4, 0.5) is 23.1 Å². The zero-order valence-electron chi connectivity index (χ0n) is 32.8. The minimum absolute atomic E-state index is 0.169. The first kappa shape index (κ1) is 36.7. The number of hydrogen-bond donors (Lipinski definition) is 3. The molecule has 4 N–H and O–H groups in total. The van der Waals surface area contributed by atoms with E-state index < -0.39 is 0 Å². The number of nitrogens with two attached hydrogens (primary N) is 1. The van der Waals surface area contributed by atoms with Crippen LogP contribution in [0.5, 0.6) is 11.6 Å². The summed E-state index contributed by atoms with van der Waals surface area (Å²) in [4.78, 5) is 44.2. The highest BCUT2D eigenvalue weighted by atomic mass is 16.5. The Kier molecular flexibility index (Phi) is 9.70. The van der Waals surface area contributed by atoms with Crippen LogP contribution < -0.4 is 35.1 Å². The number of imide groups is 1. The molecule has 1 aliphatic carbocycles. The number of benzene rings is 1. The summed E-state index contributed by atoms with van der Waals surface area (Å²) in [7, 11) is 0. The van der Waals surface area contributed by atoms with Crippen molar-refractivity contribution in [1.82, 2.24) is 30.4 Å². The van der Waals surface area contributed by atoms with Crippen LogP contribution in [0.2, 0.25) is 0 Å². The van der Waals surface area contributed by atoms with Crippen molar-refractivity contribution in [2.24, 2.45) is 0 Å². The van der Waals surface area contributed by atoms with Crippen molar-refractivity contribution in [3.05, 3.63) is 66.6 Å². The molecule has 6 aliphatic rings. The van der Waals surface area contributed by atoms with E-state index in [9.17, 15) is 14.7 Å². The van der Waals surface area contributed by atoms with Gasteiger partial charge in [0.15, 0.2) is 23.7 Å². The minimum Gasteiger partial charge on any atom is -0.507 e. The lowest BCUT2D eigenvalue weighted by molar-refractivity contribution is -0.729. The molecule has 0 unspecified atom stereocenters. The molecule has 8 heterocycles. The zero-order valence-corrected chi connectivity index (χ0v) is 32.8. The van der Waals surface area contributed by atoms with Crippen molar-refractivity contribution >= 4 is 35.0 Å². The van der Waals surface area contributed by atoms with E-state index >= 15 is 0 Å². The highest BCUT2D eigenvalue weighted by Gasteiger charge is 2.43. The highest BCUT2D eigenvalue weighted by Crippen LogP contribution is 2.40. The van der Waals surface area contributed by atoms with Crippen LogP contribution in [0.25, 0.3) is 11.3 Å². The highest BCUT2D eigenvalue weighted by molar-refractivity contribution is 6.01. The smallest absolute Gasteiger partial charge is 0.392 e. The van der Waals surface area contributed by atoms with Gasteiger partial charge in [-0.25, -0.2) is 9.97 Å². The first-order chi connectivity index (χ1) is 28.4. The summed E-state index contributed by atoms with van der Waals surface area (Å²) in [5.41, 5.74) is 10.6. The van der Waals surface area contributed by atoms with E-state index in [4.69, 9.17) is 20.4 Å². The van der Waals surface area contributed by atoms with E-state index in [1.807, 2.05) is 30.5 Å². The number of phenols is 1. The first-order valence-electron chi connectivity index (χ1n) is 21.2. The number of amides is 2. The molecule has 0 spiro atoms. The Morgan fingerprint density at radius 2 is 1.62 bits per heavy atom. The lowest BCUT2D eigenvalue weighted by atomic mass is 9.86. The molecule has 4 saturated heterocycles. The molecule has 2 bridgehead atoms. The minimum atomic E-state index is -0.348. The van der Waals surface area contributed by atoms with Gasteiger partial charge in [-0.2, -0.15) is 4.57 Å². The number of piperidine rings is 2. The summed E-state index contributed by atoms with van der Waals surface area (Å²) >= 11 is 0. The molecule has 4 aromatic rings. The van der Waals surface area contributed by atoms with Crippen LogP contribution in [0, 0.1) is 0 Å². The quantitative estimate of drug-likeness (QED) is 0.183. The molecule has 3 atom stereocenters. The maximum Gasteiger partial charge on any atom is 0.392 e. The summed E-state index contributed by atoms with van der Waals surface area (Å²) in [6, 6.07) is 16.5. The van der Waals surface area contributed by atoms with E-state index in [2.05, 4.69) is 58.0 Å². The lowest BCUT2D eigenvalue weighted by Gasteiger charge is -2.42. The number of aromatic hydroxyl groups is 1. The Bertz CT molecular complexity index is 2180. The van der Waals surface area contributed by atoms with Crippen molar-refractivity contribution in [1.29, 1.82) is 0 Å². The molecule has 2 amide bonds. The normalized spacial score (nSPS) is 26.6. The van der Waals surface area contributed by atoms with E-state index in [-0.39, 0.29) is 35.7 Å². The average molecular weight is 787 g/mol. The maximum atomic E-state index is 12.8. The summed E-state index contributed by atoms with van der Waals surface area (Å²) in [5, 5.41) is 21.5. The van der Waals surface area contributed by atoms with Gasteiger partial charge in [0, 0.05) is 79.9 Å². The third-order valence-corrected chi connectivity index (χ3v) is 13.6. The number of phenolic OH excluding ortho intramolecular Hbond substituents is 1. The van der Waals surface area contributed by atoms with Crippen molar-refractivity contribution in [3.8, 4) is 22.9 Å². The van der Waals surface area contributed by atoms with Crippen molar-refractivity contribution < 1.29 is 24.0 Å². The van der Waals surface area contributed by atoms with Gasteiger partial charge in [0.25, 0.3) is 0 Å². The number of nitrogens with one attached hydrogen (secondary N) is 1. The van der Waals surface area contributed by atoms with Crippen molar-refractivity contribution in [2.45, 2.75) is 100 Å². The topological polar surface area (TPSA) is 170 Å². The molecular formula is C43H52N11O4+. The second-order valence-electron chi connectivity index (χ2n) is 16.9. The number of hydrogen-bond acceptors (Lipinski definition) is 13. The lowest BCUT2D eigenvalue weighted by Crippen LogP contribution is -2.56. The van der Waals surface area contributed by atoms with Gasteiger partial charge in [-0.05, 0) is 88.4 Å². The fraction of sp³-hybridized carbons (Fsp3) is 0.512. The number of anilines is 4. The first-order valence-corrected chi connectivity index (χ1v) is 21.2. The fourth-order valence-corrected chi connectivity index (χ4v) is 10.7. The number of fused-ring (bicyclic) bond motifs is 3. The average Bonchev–Trinajstić information content (AvgIpc) is 3.52. The summed E-state index contributed by atoms with van der Waals surface area (Å²) in [5.74, 6) is 2.27. The number of aromatic nitrogens is 5. The number of carbonyl (C=O) groups is 2. The van der Waals surface area contributed by atoms with E-state index in [0.29, 0.717) is 61.1 Å². The third kappa shape index (κ3) is 6.82. The number of carbonyl (C=O) groups excluding carboxylic acids is 2. The van der Waals surface area contributed by atoms with E-state index in [0.717, 1.165) is 106 Å². The molecule has 15 nitrogen and oxygen atoms in total. The van der Waals surface area contributed by atoms with E-state index in [1.54, 1.807) is 12.1 Å². The SMILES string of the molecule is Nc1nnc(-c2ccccc2O)cc1N1C[C@H]2CC[C@@H](C1)N2c1nccc(C2CCN(C3CCC([n+]4cccc5c4OCCN5[C@@H]4CCC(=O)NC4=O)CC3)CC2)n1. The molecule has 58 heavy (non-hydrogen) atoms. The number of likely N-dealkylation sites (tertiary alicyclic amines) is 1. The van der Waals surface area contributed by atoms with Gasteiger partial charge >= 0.3 is 5.88 Å². The van der Waals surface area contributed by atoms with Gasteiger partial charge in [0.1, 0.15) is 18.4 Å². The van der Waals surface area contributed by atoms with Gasteiger partial charge in [0.2, 0.25) is 17.8 Å². The number of piperazine rings is 1. The van der Waals surface area contributed by atoms with Gasteiger partial charge in [-0.3, -0.25) is 14.9 Å². The molecule has 3 aromatic heterocycles. The number of nitrogens with zero attached hydrogens (tertiary/aromatic N) is 9. The Balaban J connectivity index is 0.753. The molecule has 5 fully saturated rings. The number of pyridine rings is 1. The summed E-state index contributed by atoms with van der Waals surface area (Å²) < 4.78 is 8.57.